The third-order valence-electron chi connectivity index (χ3n) is 2.30. The van der Waals surface area contributed by atoms with Crippen molar-refractivity contribution in [1.29, 1.82) is 5.41 Å². The van der Waals surface area contributed by atoms with Crippen molar-refractivity contribution in [2.24, 2.45) is 5.92 Å². The quantitative estimate of drug-likeness (QED) is 0.401. The van der Waals surface area contributed by atoms with Gasteiger partial charge in [0.15, 0.2) is 0 Å². The van der Waals surface area contributed by atoms with Crippen LogP contribution >= 0.6 is 24.0 Å². The molecular formula is C11H19NOS2. The third-order valence-corrected chi connectivity index (χ3v) is 3.27. The van der Waals surface area contributed by atoms with Gasteiger partial charge < -0.3 is 4.79 Å². The molecule has 0 saturated carbocycles. The molecule has 0 heterocycles. The van der Waals surface area contributed by atoms with E-state index >= 15 is 0 Å². The van der Waals surface area contributed by atoms with E-state index < -0.39 is 0 Å². The molecule has 1 unspecified atom stereocenters. The number of hydrogen-bond acceptors (Lipinski definition) is 4. The lowest BCUT2D eigenvalue weighted by atomic mass is 9.97. The van der Waals surface area contributed by atoms with Crippen molar-refractivity contribution in [3.8, 4) is 0 Å². The molecule has 0 aliphatic rings. The van der Waals surface area contributed by atoms with Crippen LogP contribution in [0, 0.1) is 11.3 Å². The number of thiocarbonyl (C=S) groups is 1. The first-order valence-electron chi connectivity index (χ1n) is 5.30. The Morgan fingerprint density at radius 1 is 1.53 bits per heavy atom. The molecule has 0 amide bonds. The molecule has 0 aliphatic heterocycles. The van der Waals surface area contributed by atoms with E-state index in [4.69, 9.17) is 17.6 Å². The van der Waals surface area contributed by atoms with E-state index in [2.05, 4.69) is 6.92 Å². The predicted octanol–water partition coefficient (Wildman–Crippen LogP) is 3.83. The Morgan fingerprint density at radius 3 is 2.67 bits per heavy atom. The topological polar surface area (TPSA) is 40.9 Å². The third kappa shape index (κ3) is 7.68. The minimum absolute atomic E-state index is 0.205. The van der Waals surface area contributed by atoms with Gasteiger partial charge in [-0.1, -0.05) is 43.7 Å². The zero-order valence-corrected chi connectivity index (χ0v) is 11.0. The summed E-state index contributed by atoms with van der Waals surface area (Å²) in [5, 5.41) is 8.43. The van der Waals surface area contributed by atoms with Gasteiger partial charge in [0.2, 0.25) is 0 Å². The number of thioether (sulfide) groups is 1. The number of carbonyl (C=O) groups excluding carboxylic acids is 1. The van der Waals surface area contributed by atoms with Gasteiger partial charge in [0.25, 0.3) is 0 Å². The molecule has 0 spiro atoms. The summed E-state index contributed by atoms with van der Waals surface area (Å²) in [6.07, 6.45) is 4.62. The molecule has 0 aromatic rings. The van der Waals surface area contributed by atoms with Gasteiger partial charge in [0.05, 0.1) is 5.04 Å². The van der Waals surface area contributed by atoms with Crippen LogP contribution in [-0.2, 0) is 4.79 Å². The van der Waals surface area contributed by atoms with Gasteiger partial charge in [-0.2, -0.15) is 0 Å². The second-order valence-electron chi connectivity index (χ2n) is 3.66. The van der Waals surface area contributed by atoms with Gasteiger partial charge in [0, 0.05) is 17.0 Å². The molecule has 0 rings (SSSR count). The maximum atomic E-state index is 10.9. The molecule has 2 nitrogen and oxygen atoms in total. The minimum Gasteiger partial charge on any atom is -0.300 e. The molecule has 4 heteroatoms. The standard InChI is InChI=1S/C11H19NOS2/c1-3-4-5-10(7-6-9(2)13)11(12)15-8-14/h8,10,12H,3-7H2,1-2H3. The van der Waals surface area contributed by atoms with Gasteiger partial charge in [-0.15, -0.1) is 0 Å². The maximum Gasteiger partial charge on any atom is 0.129 e. The average molecular weight is 245 g/mol. The molecule has 0 bridgehead atoms. The number of nitrogens with one attached hydrogen (secondary N) is 1. The summed E-state index contributed by atoms with van der Waals surface area (Å²) in [7, 11) is 0. The van der Waals surface area contributed by atoms with Crippen LogP contribution in [0.3, 0.4) is 0 Å². The fourth-order valence-electron chi connectivity index (χ4n) is 1.38. The first-order chi connectivity index (χ1) is 7.11. The number of unbranched alkanes of at least 4 members (excludes halogenated alkanes) is 1. The Kier molecular flexibility index (Phi) is 8.91. The zero-order valence-electron chi connectivity index (χ0n) is 9.41. The Labute approximate surface area is 102 Å². The van der Waals surface area contributed by atoms with Crippen molar-refractivity contribution in [1.82, 2.24) is 0 Å². The molecule has 0 aromatic carbocycles. The van der Waals surface area contributed by atoms with Gasteiger partial charge in [-0.05, 0) is 19.8 Å². The maximum absolute atomic E-state index is 10.9. The summed E-state index contributed by atoms with van der Waals surface area (Å²) >= 11 is 6.03. The van der Waals surface area contributed by atoms with Crippen molar-refractivity contribution in [2.75, 3.05) is 0 Å². The van der Waals surface area contributed by atoms with Crippen molar-refractivity contribution < 1.29 is 4.79 Å². The van der Waals surface area contributed by atoms with E-state index in [1.807, 2.05) is 0 Å². The Balaban J connectivity index is 4.09. The van der Waals surface area contributed by atoms with Gasteiger partial charge >= 0.3 is 0 Å². The minimum atomic E-state index is 0.205. The van der Waals surface area contributed by atoms with E-state index in [1.165, 1.54) is 16.5 Å². The molecule has 1 N–H and O–H groups in total. The van der Waals surface area contributed by atoms with Crippen LogP contribution in [0.25, 0.3) is 0 Å². The van der Waals surface area contributed by atoms with Crippen LogP contribution in [0.15, 0.2) is 0 Å². The molecule has 0 aromatic heterocycles. The highest BCUT2D eigenvalue weighted by Crippen LogP contribution is 2.21. The molecule has 0 radical (unpaired) electrons. The van der Waals surface area contributed by atoms with Crippen LogP contribution in [0.5, 0.6) is 0 Å². The predicted molar refractivity (Wildman–Crippen MR) is 71.9 cm³/mol. The van der Waals surface area contributed by atoms with Crippen molar-refractivity contribution >= 4 is 39.5 Å². The lowest BCUT2D eigenvalue weighted by Gasteiger charge is -2.15. The smallest absolute Gasteiger partial charge is 0.129 e. The van der Waals surface area contributed by atoms with Crippen LogP contribution < -0.4 is 0 Å². The van der Waals surface area contributed by atoms with Gasteiger partial charge in [-0.25, -0.2) is 0 Å². The molecule has 15 heavy (non-hydrogen) atoms. The highest BCUT2D eigenvalue weighted by Gasteiger charge is 2.14. The summed E-state index contributed by atoms with van der Waals surface area (Å²) in [6, 6.07) is 0. The van der Waals surface area contributed by atoms with Crippen molar-refractivity contribution in [3.05, 3.63) is 0 Å². The van der Waals surface area contributed by atoms with E-state index in [0.29, 0.717) is 11.5 Å². The summed E-state index contributed by atoms with van der Waals surface area (Å²) in [5.74, 6) is 0.426. The van der Waals surface area contributed by atoms with Crippen LogP contribution in [-0.4, -0.2) is 15.5 Å². The monoisotopic (exact) mass is 245 g/mol. The second kappa shape index (κ2) is 9.04. The number of ketones is 1. The fraction of sp³-hybridized carbons (Fsp3) is 0.727. The summed E-state index contributed by atoms with van der Waals surface area (Å²) in [4.78, 5) is 10.9. The molecular weight excluding hydrogens is 226 g/mol. The normalized spacial score (nSPS) is 12.1. The van der Waals surface area contributed by atoms with Crippen molar-refractivity contribution in [3.63, 3.8) is 0 Å². The van der Waals surface area contributed by atoms with E-state index in [9.17, 15) is 4.79 Å². The number of rotatable bonds is 8. The van der Waals surface area contributed by atoms with Crippen LogP contribution in [0.2, 0.25) is 0 Å². The Bertz CT molecular complexity index is 229. The first-order valence-corrected chi connectivity index (χ1v) is 6.65. The van der Waals surface area contributed by atoms with E-state index in [-0.39, 0.29) is 11.7 Å². The number of hydrogen-bond donors (Lipinski definition) is 1. The Hall–Kier alpha value is -0.220. The van der Waals surface area contributed by atoms with Crippen LogP contribution in [0.4, 0.5) is 0 Å². The summed E-state index contributed by atoms with van der Waals surface area (Å²) in [6.45, 7) is 3.74. The largest absolute Gasteiger partial charge is 0.300 e. The lowest BCUT2D eigenvalue weighted by molar-refractivity contribution is -0.117. The number of Topliss-reactive ketones (excluding diaryl/α,β-unsaturated/α-hetero) is 1. The second-order valence-corrected chi connectivity index (χ2v) is 5.10. The molecule has 0 saturated heterocycles. The molecule has 1 atom stereocenters. The summed E-state index contributed by atoms with van der Waals surface area (Å²) < 4.78 is 1.52. The average Bonchev–Trinajstić information content (AvgIpc) is 2.17. The van der Waals surface area contributed by atoms with Crippen LogP contribution in [0.1, 0.15) is 46.0 Å². The van der Waals surface area contributed by atoms with Gasteiger partial charge in [0.1, 0.15) is 5.78 Å². The first kappa shape index (κ1) is 14.8. The lowest BCUT2D eigenvalue weighted by Crippen LogP contribution is -2.12. The SMILES string of the molecule is CCCCC(CCC(C)=O)C(=N)SC=S. The zero-order chi connectivity index (χ0) is 11.7. The molecule has 86 valence electrons. The van der Waals surface area contributed by atoms with E-state index in [0.717, 1.165) is 25.7 Å². The highest BCUT2D eigenvalue weighted by molar-refractivity contribution is 8.31. The fourth-order valence-corrected chi connectivity index (χ4v) is 2.23. The van der Waals surface area contributed by atoms with Crippen molar-refractivity contribution in [2.45, 2.75) is 46.0 Å². The Morgan fingerprint density at radius 2 is 2.20 bits per heavy atom. The highest BCUT2D eigenvalue weighted by atomic mass is 32.2. The van der Waals surface area contributed by atoms with Gasteiger partial charge in [-0.3, -0.25) is 5.41 Å². The number of carbonyl (C=O) groups is 1. The van der Waals surface area contributed by atoms with E-state index in [1.54, 1.807) is 6.92 Å². The molecule has 0 aliphatic carbocycles. The molecule has 0 fully saturated rings. The summed E-state index contributed by atoms with van der Waals surface area (Å²) in [5.41, 5.74) is 0.